The van der Waals surface area contributed by atoms with Gasteiger partial charge in [0.05, 0.1) is 6.67 Å². The Labute approximate surface area is 80.0 Å². The summed E-state index contributed by atoms with van der Waals surface area (Å²) in [7, 11) is 0. The van der Waals surface area contributed by atoms with E-state index in [1.807, 2.05) is 0 Å². The molecule has 0 unspecified atom stereocenters. The van der Waals surface area contributed by atoms with Gasteiger partial charge in [-0.05, 0) is 6.42 Å². The lowest BCUT2D eigenvalue weighted by atomic mass is 10.2. The van der Waals surface area contributed by atoms with E-state index in [1.54, 1.807) is 0 Å². The van der Waals surface area contributed by atoms with Crippen LogP contribution in [0.2, 0.25) is 0 Å². The summed E-state index contributed by atoms with van der Waals surface area (Å²) in [6, 6.07) is 0. The van der Waals surface area contributed by atoms with E-state index in [0.29, 0.717) is 0 Å². The van der Waals surface area contributed by atoms with Crippen molar-refractivity contribution in [1.29, 1.82) is 15.8 Å². The average Bonchev–Trinajstić information content (AvgIpc) is 2.27. The van der Waals surface area contributed by atoms with Crippen LogP contribution in [-0.4, -0.2) is 6.67 Å². The molecule has 13 heavy (non-hydrogen) atoms. The fourth-order valence-electron chi connectivity index (χ4n) is 0.521. The number of unbranched alkanes of at least 4 members (excludes halogenated alkanes) is 3. The molecule has 4 heteroatoms. The molecule has 0 saturated carbocycles. The zero-order chi connectivity index (χ0) is 11.5. The first-order valence-corrected chi connectivity index (χ1v) is 3.75. The second-order valence-corrected chi connectivity index (χ2v) is 1.75. The van der Waals surface area contributed by atoms with Crippen LogP contribution in [0.25, 0.3) is 0 Å². The second-order valence-electron chi connectivity index (χ2n) is 1.75. The monoisotopic (exact) mass is 185 g/mol. The molecule has 3 nitrogen and oxygen atoms in total. The Morgan fingerprint density at radius 3 is 1.46 bits per heavy atom. The van der Waals surface area contributed by atoms with Crippen molar-refractivity contribution in [3.05, 3.63) is 0 Å². The largest absolute Gasteiger partial charge is 0.251 e. The summed E-state index contributed by atoms with van der Waals surface area (Å²) < 4.78 is 11.3. The summed E-state index contributed by atoms with van der Waals surface area (Å²) in [6.07, 6.45) is 4.20. The van der Waals surface area contributed by atoms with Crippen molar-refractivity contribution in [2.24, 2.45) is 0 Å². The minimum atomic E-state index is -0.139. The van der Waals surface area contributed by atoms with Gasteiger partial charge in [0, 0.05) is 19.7 Å². The van der Waals surface area contributed by atoms with Gasteiger partial charge in [-0.3, -0.25) is 4.39 Å². The highest BCUT2D eigenvalue weighted by Gasteiger charge is 1.82. The third kappa shape index (κ3) is 127. The second kappa shape index (κ2) is 79.5. The smallest absolute Gasteiger partial charge is 0.0894 e. The van der Waals surface area contributed by atoms with Crippen LogP contribution < -0.4 is 0 Å². The van der Waals surface area contributed by atoms with Gasteiger partial charge in [0.2, 0.25) is 0 Å². The van der Waals surface area contributed by atoms with Crippen LogP contribution >= 0.6 is 0 Å². The predicted molar refractivity (Wildman–Crippen MR) is 50.1 cm³/mol. The van der Waals surface area contributed by atoms with Crippen LogP contribution in [-0.2, 0) is 0 Å². The van der Waals surface area contributed by atoms with Crippen LogP contribution in [0, 0.1) is 35.5 Å². The SMILES string of the molecule is C#N.C#N.C#N.CCCCCCF. The quantitative estimate of drug-likeness (QED) is 0.632. The Bertz CT molecular complexity index is 88.9. The van der Waals surface area contributed by atoms with Gasteiger partial charge in [-0.25, -0.2) is 15.8 Å². The lowest BCUT2D eigenvalue weighted by Crippen LogP contribution is -1.75. The normalized spacial score (nSPS) is 5.54. The van der Waals surface area contributed by atoms with Gasteiger partial charge in [-0.1, -0.05) is 26.2 Å². The van der Waals surface area contributed by atoms with Crippen molar-refractivity contribution in [2.75, 3.05) is 6.67 Å². The standard InChI is InChI=1S/C6H13F.3CHN/c1-2-3-4-5-6-7;3*1-2/h2-6H2,1H3;3*1H. The lowest BCUT2D eigenvalue weighted by molar-refractivity contribution is 0.455. The number of nitrogens with zero attached hydrogens (tertiary/aromatic N) is 3. The van der Waals surface area contributed by atoms with E-state index >= 15 is 0 Å². The molecular weight excluding hydrogens is 169 g/mol. The molecule has 0 atom stereocenters. The number of nitriles is 3. The summed E-state index contributed by atoms with van der Waals surface area (Å²) in [5.41, 5.74) is 0. The van der Waals surface area contributed by atoms with Crippen molar-refractivity contribution in [1.82, 2.24) is 0 Å². The van der Waals surface area contributed by atoms with E-state index in [0.717, 1.165) is 12.8 Å². The number of hydrogen-bond donors (Lipinski definition) is 0. The minimum Gasteiger partial charge on any atom is -0.251 e. The van der Waals surface area contributed by atoms with E-state index in [9.17, 15) is 4.39 Å². The van der Waals surface area contributed by atoms with E-state index in [1.165, 1.54) is 12.8 Å². The molecule has 0 aliphatic heterocycles. The Balaban J connectivity index is -0.0000000573. The lowest BCUT2D eigenvalue weighted by Gasteiger charge is -1.89. The Morgan fingerprint density at radius 2 is 1.23 bits per heavy atom. The molecular formula is C9H16FN3. The van der Waals surface area contributed by atoms with E-state index in [-0.39, 0.29) is 6.67 Å². The first kappa shape index (κ1) is 22.5. The maximum atomic E-state index is 11.3. The molecule has 0 amide bonds. The summed E-state index contributed by atoms with van der Waals surface area (Å²) in [4.78, 5) is 0. The molecule has 0 rings (SSSR count). The van der Waals surface area contributed by atoms with Crippen molar-refractivity contribution in [3.8, 4) is 19.7 Å². The first-order chi connectivity index (χ1) is 6.41. The molecule has 0 aromatic carbocycles. The van der Waals surface area contributed by atoms with Crippen LogP contribution in [0.1, 0.15) is 32.6 Å². The highest BCUT2D eigenvalue weighted by molar-refractivity contribution is 4.36. The number of halogens is 1. The topological polar surface area (TPSA) is 71.4 Å². The summed E-state index contributed by atoms with van der Waals surface area (Å²) in [5, 5.41) is 19.5. The molecule has 0 N–H and O–H groups in total. The van der Waals surface area contributed by atoms with Crippen molar-refractivity contribution >= 4 is 0 Å². The molecule has 0 saturated heterocycles. The Morgan fingerprint density at radius 1 is 0.846 bits per heavy atom. The molecule has 0 fully saturated rings. The maximum absolute atomic E-state index is 11.3. The van der Waals surface area contributed by atoms with Crippen LogP contribution in [0.4, 0.5) is 4.39 Å². The van der Waals surface area contributed by atoms with Gasteiger partial charge in [-0.15, -0.1) is 0 Å². The molecule has 0 heterocycles. The highest BCUT2D eigenvalue weighted by atomic mass is 19.1. The summed E-state index contributed by atoms with van der Waals surface area (Å²) >= 11 is 0. The van der Waals surface area contributed by atoms with Crippen LogP contribution in [0.15, 0.2) is 0 Å². The Hall–Kier alpha value is -1.60. The first-order valence-electron chi connectivity index (χ1n) is 3.75. The molecule has 0 spiro atoms. The number of hydrogen-bond acceptors (Lipinski definition) is 3. The van der Waals surface area contributed by atoms with Gasteiger partial charge >= 0.3 is 0 Å². The molecule has 0 radical (unpaired) electrons. The molecule has 0 aromatic rings. The van der Waals surface area contributed by atoms with E-state index in [4.69, 9.17) is 15.8 Å². The van der Waals surface area contributed by atoms with Crippen LogP contribution in [0.3, 0.4) is 0 Å². The highest BCUT2D eigenvalue weighted by Crippen LogP contribution is 1.97. The number of rotatable bonds is 4. The van der Waals surface area contributed by atoms with Gasteiger partial charge < -0.3 is 0 Å². The maximum Gasteiger partial charge on any atom is 0.0894 e. The van der Waals surface area contributed by atoms with E-state index < -0.39 is 0 Å². The predicted octanol–water partition coefficient (Wildman–Crippen LogP) is 2.96. The molecule has 0 bridgehead atoms. The van der Waals surface area contributed by atoms with Gasteiger partial charge in [0.1, 0.15) is 0 Å². The average molecular weight is 185 g/mol. The zero-order valence-electron chi connectivity index (χ0n) is 7.99. The van der Waals surface area contributed by atoms with E-state index in [2.05, 4.69) is 26.6 Å². The third-order valence-corrected chi connectivity index (χ3v) is 0.987. The summed E-state index contributed by atoms with van der Waals surface area (Å²) in [5.74, 6) is 0. The Kier molecular flexibility index (Phi) is 138. The van der Waals surface area contributed by atoms with Gasteiger partial charge in [-0.2, -0.15) is 0 Å². The number of alkyl halides is 1. The molecule has 0 aliphatic carbocycles. The van der Waals surface area contributed by atoms with Crippen LogP contribution in [0.5, 0.6) is 0 Å². The fourth-order valence-corrected chi connectivity index (χ4v) is 0.521. The van der Waals surface area contributed by atoms with Gasteiger partial charge in [0.15, 0.2) is 0 Å². The molecule has 0 aliphatic rings. The zero-order valence-corrected chi connectivity index (χ0v) is 7.99. The third-order valence-electron chi connectivity index (χ3n) is 0.987. The van der Waals surface area contributed by atoms with Gasteiger partial charge in [0.25, 0.3) is 0 Å². The van der Waals surface area contributed by atoms with Crippen molar-refractivity contribution in [2.45, 2.75) is 32.6 Å². The van der Waals surface area contributed by atoms with Crippen molar-refractivity contribution < 1.29 is 4.39 Å². The van der Waals surface area contributed by atoms with Crippen molar-refractivity contribution in [3.63, 3.8) is 0 Å². The molecule has 0 aromatic heterocycles. The minimum absolute atomic E-state index is 0.139. The summed E-state index contributed by atoms with van der Waals surface area (Å²) in [6.45, 7) is 12.5. The fraction of sp³-hybridized carbons (Fsp3) is 0.667. The molecule has 74 valence electrons.